The molecular weight excluding hydrogens is 300 g/mol. The Bertz CT molecular complexity index is 639. The van der Waals surface area contributed by atoms with E-state index in [0.29, 0.717) is 13.0 Å². The molecule has 128 valence electrons. The van der Waals surface area contributed by atoms with E-state index in [-0.39, 0.29) is 5.91 Å². The minimum atomic E-state index is -0.718. The lowest BCUT2D eigenvalue weighted by molar-refractivity contribution is -0.121. The number of benzene rings is 1. The van der Waals surface area contributed by atoms with E-state index in [2.05, 4.69) is 5.32 Å². The summed E-state index contributed by atoms with van der Waals surface area (Å²) < 4.78 is 2.03. The van der Waals surface area contributed by atoms with Crippen LogP contribution in [-0.4, -0.2) is 27.7 Å². The third-order valence-corrected chi connectivity index (χ3v) is 4.85. The van der Waals surface area contributed by atoms with E-state index >= 15 is 0 Å². The Balaban J connectivity index is 1.51. The Hall–Kier alpha value is -2.07. The zero-order valence-corrected chi connectivity index (χ0v) is 14.1. The SMILES string of the molecule is O=C(Cc1ccc(-n2cccc2)cc1)NCC1(O)CCCCCC1. The number of aromatic nitrogens is 1. The number of hydrogen-bond acceptors (Lipinski definition) is 2. The van der Waals surface area contributed by atoms with Gasteiger partial charge in [0.15, 0.2) is 0 Å². The molecule has 1 amide bonds. The van der Waals surface area contributed by atoms with Crippen LogP contribution in [0.2, 0.25) is 0 Å². The lowest BCUT2D eigenvalue weighted by Crippen LogP contribution is -2.43. The van der Waals surface area contributed by atoms with Crippen molar-refractivity contribution in [1.82, 2.24) is 9.88 Å². The van der Waals surface area contributed by atoms with Crippen molar-refractivity contribution in [3.8, 4) is 5.69 Å². The Labute approximate surface area is 143 Å². The smallest absolute Gasteiger partial charge is 0.224 e. The van der Waals surface area contributed by atoms with Gasteiger partial charge in [-0.25, -0.2) is 0 Å². The van der Waals surface area contributed by atoms with E-state index in [1.54, 1.807) is 0 Å². The van der Waals surface area contributed by atoms with E-state index in [4.69, 9.17) is 0 Å². The first-order valence-corrected chi connectivity index (χ1v) is 8.86. The minimum absolute atomic E-state index is 0.0265. The van der Waals surface area contributed by atoms with Crippen molar-refractivity contribution in [2.45, 2.75) is 50.5 Å². The summed E-state index contributed by atoms with van der Waals surface area (Å²) in [5, 5.41) is 13.5. The van der Waals surface area contributed by atoms with E-state index in [9.17, 15) is 9.90 Å². The van der Waals surface area contributed by atoms with Crippen LogP contribution in [0.15, 0.2) is 48.8 Å². The molecule has 0 radical (unpaired) electrons. The topological polar surface area (TPSA) is 54.3 Å². The summed E-state index contributed by atoms with van der Waals surface area (Å²) in [5.74, 6) is -0.0265. The molecule has 0 bridgehead atoms. The van der Waals surface area contributed by atoms with Gasteiger partial charge in [0.25, 0.3) is 0 Å². The van der Waals surface area contributed by atoms with Crippen LogP contribution in [0.25, 0.3) is 5.69 Å². The number of amides is 1. The van der Waals surface area contributed by atoms with Gasteiger partial charge in [-0.05, 0) is 42.7 Å². The third kappa shape index (κ3) is 4.48. The van der Waals surface area contributed by atoms with Crippen LogP contribution in [0.4, 0.5) is 0 Å². The van der Waals surface area contributed by atoms with Crippen molar-refractivity contribution >= 4 is 5.91 Å². The highest BCUT2D eigenvalue weighted by atomic mass is 16.3. The largest absolute Gasteiger partial charge is 0.388 e. The molecule has 2 N–H and O–H groups in total. The summed E-state index contributed by atoms with van der Waals surface area (Å²) >= 11 is 0. The van der Waals surface area contributed by atoms with Gasteiger partial charge in [0.2, 0.25) is 5.91 Å². The third-order valence-electron chi connectivity index (χ3n) is 4.85. The van der Waals surface area contributed by atoms with Crippen molar-refractivity contribution in [3.63, 3.8) is 0 Å². The Morgan fingerprint density at radius 1 is 1.04 bits per heavy atom. The second-order valence-electron chi connectivity index (χ2n) is 6.85. The summed E-state index contributed by atoms with van der Waals surface area (Å²) in [4.78, 5) is 12.2. The quantitative estimate of drug-likeness (QED) is 0.829. The fraction of sp³-hybridized carbons (Fsp3) is 0.450. The summed E-state index contributed by atoms with van der Waals surface area (Å²) in [5.41, 5.74) is 1.35. The van der Waals surface area contributed by atoms with Gasteiger partial charge in [-0.2, -0.15) is 0 Å². The first-order valence-electron chi connectivity index (χ1n) is 8.86. The first-order chi connectivity index (χ1) is 11.6. The number of nitrogens with one attached hydrogen (secondary N) is 1. The van der Waals surface area contributed by atoms with E-state index < -0.39 is 5.60 Å². The molecule has 4 heteroatoms. The molecule has 3 rings (SSSR count). The molecule has 1 aromatic heterocycles. The van der Waals surface area contributed by atoms with Crippen LogP contribution in [0.3, 0.4) is 0 Å². The van der Waals surface area contributed by atoms with Crippen molar-refractivity contribution in [2.24, 2.45) is 0 Å². The summed E-state index contributed by atoms with van der Waals surface area (Å²) in [6.45, 7) is 0.368. The predicted octanol–water partition coefficient (Wildman–Crippen LogP) is 3.22. The molecule has 1 aromatic carbocycles. The molecule has 4 nitrogen and oxygen atoms in total. The Morgan fingerprint density at radius 3 is 2.29 bits per heavy atom. The van der Waals surface area contributed by atoms with E-state index in [1.165, 1.54) is 12.8 Å². The Kier molecular flexibility index (Phi) is 5.36. The van der Waals surface area contributed by atoms with Gasteiger partial charge in [-0.1, -0.05) is 37.8 Å². The van der Waals surface area contributed by atoms with Crippen molar-refractivity contribution in [2.75, 3.05) is 6.54 Å². The van der Waals surface area contributed by atoms with Gasteiger partial charge >= 0.3 is 0 Å². The maximum atomic E-state index is 12.2. The molecule has 1 heterocycles. The summed E-state index contributed by atoms with van der Waals surface area (Å²) in [7, 11) is 0. The maximum Gasteiger partial charge on any atom is 0.224 e. The van der Waals surface area contributed by atoms with Crippen LogP contribution in [0.5, 0.6) is 0 Å². The molecule has 1 fully saturated rings. The number of aliphatic hydroxyl groups is 1. The van der Waals surface area contributed by atoms with Crippen LogP contribution in [-0.2, 0) is 11.2 Å². The van der Waals surface area contributed by atoms with E-state index in [0.717, 1.165) is 36.9 Å². The van der Waals surface area contributed by atoms with Gasteiger partial charge in [0, 0.05) is 24.6 Å². The molecular formula is C20H26N2O2. The highest BCUT2D eigenvalue weighted by Crippen LogP contribution is 2.26. The Morgan fingerprint density at radius 2 is 1.67 bits per heavy atom. The molecule has 0 atom stereocenters. The first kappa shape index (κ1) is 16.8. The lowest BCUT2D eigenvalue weighted by Gasteiger charge is -2.26. The molecule has 0 unspecified atom stereocenters. The normalized spacial score (nSPS) is 17.2. The fourth-order valence-electron chi connectivity index (χ4n) is 3.37. The van der Waals surface area contributed by atoms with Crippen LogP contribution in [0.1, 0.15) is 44.1 Å². The number of carbonyl (C=O) groups excluding carboxylic acids is 1. The zero-order valence-electron chi connectivity index (χ0n) is 14.1. The summed E-state index contributed by atoms with van der Waals surface area (Å²) in [6.07, 6.45) is 10.4. The van der Waals surface area contributed by atoms with Gasteiger partial charge in [0.05, 0.1) is 12.0 Å². The highest BCUT2D eigenvalue weighted by Gasteiger charge is 2.28. The highest BCUT2D eigenvalue weighted by molar-refractivity contribution is 5.78. The lowest BCUT2D eigenvalue weighted by atomic mass is 9.94. The van der Waals surface area contributed by atoms with Gasteiger partial charge in [-0.3, -0.25) is 4.79 Å². The maximum absolute atomic E-state index is 12.2. The van der Waals surface area contributed by atoms with Crippen molar-refractivity contribution in [1.29, 1.82) is 0 Å². The average Bonchev–Trinajstić information content (AvgIpc) is 3.03. The van der Waals surface area contributed by atoms with Crippen molar-refractivity contribution in [3.05, 3.63) is 54.4 Å². The second-order valence-corrected chi connectivity index (χ2v) is 6.85. The molecule has 1 aliphatic carbocycles. The molecule has 1 saturated carbocycles. The number of carbonyl (C=O) groups is 1. The van der Waals surface area contributed by atoms with Crippen LogP contribution >= 0.6 is 0 Å². The molecule has 24 heavy (non-hydrogen) atoms. The number of nitrogens with zero attached hydrogens (tertiary/aromatic N) is 1. The van der Waals surface area contributed by atoms with Gasteiger partial charge in [0.1, 0.15) is 0 Å². The standard InChI is InChI=1S/C20H26N2O2/c23-19(21-16-20(24)11-3-1-2-4-12-20)15-17-7-9-18(10-8-17)22-13-5-6-14-22/h5-10,13-14,24H,1-4,11-12,15-16H2,(H,21,23). The molecule has 1 aliphatic rings. The molecule has 0 aliphatic heterocycles. The summed E-state index contributed by atoms with van der Waals surface area (Å²) in [6, 6.07) is 12.0. The minimum Gasteiger partial charge on any atom is -0.388 e. The van der Waals surface area contributed by atoms with Crippen LogP contribution < -0.4 is 5.32 Å². The van der Waals surface area contributed by atoms with Gasteiger partial charge in [-0.15, -0.1) is 0 Å². The number of hydrogen-bond donors (Lipinski definition) is 2. The second kappa shape index (κ2) is 7.67. The monoisotopic (exact) mass is 326 g/mol. The van der Waals surface area contributed by atoms with Crippen LogP contribution in [0, 0.1) is 0 Å². The van der Waals surface area contributed by atoms with Gasteiger partial charge < -0.3 is 15.0 Å². The molecule has 0 saturated heterocycles. The number of rotatable bonds is 5. The fourth-order valence-corrected chi connectivity index (χ4v) is 3.37. The average molecular weight is 326 g/mol. The molecule has 0 spiro atoms. The zero-order chi connectivity index (χ0) is 16.8. The predicted molar refractivity (Wildman–Crippen MR) is 95.1 cm³/mol. The van der Waals surface area contributed by atoms with E-state index in [1.807, 2.05) is 53.4 Å². The van der Waals surface area contributed by atoms with Crippen molar-refractivity contribution < 1.29 is 9.90 Å². The molecule has 2 aromatic rings.